The molecule has 2 aromatic carbocycles. The van der Waals surface area contributed by atoms with Crippen molar-refractivity contribution in [2.24, 2.45) is 11.5 Å². The minimum Gasteiger partial charge on any atom is -0.493 e. The number of para-hydroxylation sites is 1. The van der Waals surface area contributed by atoms with E-state index in [-0.39, 0.29) is 12.6 Å². The zero-order valence-electron chi connectivity index (χ0n) is 13.1. The van der Waals surface area contributed by atoms with Gasteiger partial charge in [-0.25, -0.2) is 0 Å². The summed E-state index contributed by atoms with van der Waals surface area (Å²) in [5.41, 5.74) is 13.2. The fourth-order valence-corrected chi connectivity index (χ4v) is 2.11. The van der Waals surface area contributed by atoms with Gasteiger partial charge in [0.25, 0.3) is 0 Å². The Kier molecular flexibility index (Phi) is 6.22. The van der Waals surface area contributed by atoms with E-state index in [1.165, 1.54) is 0 Å². The molecule has 0 spiro atoms. The first-order chi connectivity index (χ1) is 11.1. The molecular formula is C17H23N3O3. The quantitative estimate of drug-likeness (QED) is 0.550. The zero-order valence-corrected chi connectivity index (χ0v) is 13.1. The molecule has 124 valence electrons. The Labute approximate surface area is 136 Å². The molecule has 23 heavy (non-hydrogen) atoms. The van der Waals surface area contributed by atoms with Gasteiger partial charge in [0.2, 0.25) is 0 Å². The molecule has 0 bridgehead atoms. The van der Waals surface area contributed by atoms with Crippen molar-refractivity contribution in [2.75, 3.05) is 25.6 Å². The molecule has 2 atom stereocenters. The first-order valence-corrected chi connectivity index (χ1v) is 7.40. The number of nitrogens with one attached hydrogen (secondary N) is 1. The Morgan fingerprint density at radius 2 is 1.87 bits per heavy atom. The number of benzene rings is 2. The van der Waals surface area contributed by atoms with Gasteiger partial charge in [-0.2, -0.15) is 0 Å². The zero-order chi connectivity index (χ0) is 16.7. The lowest BCUT2D eigenvalue weighted by molar-refractivity contribution is 0.127. The highest BCUT2D eigenvalue weighted by Gasteiger charge is 2.12. The Hall–Kier alpha value is -2.28. The first-order valence-electron chi connectivity index (χ1n) is 7.40. The summed E-state index contributed by atoms with van der Waals surface area (Å²) in [6, 6.07) is 14.6. The van der Waals surface area contributed by atoms with Gasteiger partial charge in [0.15, 0.2) is 17.7 Å². The number of aliphatic hydroxyl groups excluding tert-OH is 1. The second-order valence-corrected chi connectivity index (χ2v) is 5.09. The molecule has 2 aromatic rings. The van der Waals surface area contributed by atoms with Crippen LogP contribution in [0.2, 0.25) is 0 Å². The number of ether oxygens (including phenoxy) is 2. The largest absolute Gasteiger partial charge is 0.493 e. The lowest BCUT2D eigenvalue weighted by Gasteiger charge is -2.18. The number of hydrogen-bond donors (Lipinski definition) is 4. The minimum absolute atomic E-state index is 0.0769. The van der Waals surface area contributed by atoms with Crippen LogP contribution in [0.4, 0.5) is 5.69 Å². The first kappa shape index (κ1) is 17.1. The molecule has 0 amide bonds. The molecule has 0 aromatic heterocycles. The standard InChI is InChI=1S/C17H23N3O3/c1-22-16-9-12(14(19)10-18)7-8-15(16)23-11-17(21)20-13-5-3-2-4-6-13/h2-9,14,17,20-21H,10-11,18-19H2,1H3. The fourth-order valence-electron chi connectivity index (χ4n) is 2.11. The van der Waals surface area contributed by atoms with E-state index < -0.39 is 6.23 Å². The lowest BCUT2D eigenvalue weighted by atomic mass is 10.1. The molecule has 0 saturated carbocycles. The smallest absolute Gasteiger partial charge is 0.161 e. The van der Waals surface area contributed by atoms with Crippen molar-refractivity contribution in [2.45, 2.75) is 12.3 Å². The van der Waals surface area contributed by atoms with Gasteiger partial charge in [0.05, 0.1) is 7.11 Å². The van der Waals surface area contributed by atoms with Gasteiger partial charge in [-0.05, 0) is 29.8 Å². The van der Waals surface area contributed by atoms with Crippen molar-refractivity contribution in [1.82, 2.24) is 0 Å². The molecular weight excluding hydrogens is 294 g/mol. The maximum atomic E-state index is 9.99. The second-order valence-electron chi connectivity index (χ2n) is 5.09. The van der Waals surface area contributed by atoms with Gasteiger partial charge < -0.3 is 31.4 Å². The summed E-state index contributed by atoms with van der Waals surface area (Å²) in [5.74, 6) is 1.09. The molecule has 0 radical (unpaired) electrons. The third kappa shape index (κ3) is 4.85. The molecule has 6 heteroatoms. The van der Waals surface area contributed by atoms with Crippen LogP contribution in [0.5, 0.6) is 11.5 Å². The van der Waals surface area contributed by atoms with Gasteiger partial charge in [0, 0.05) is 18.3 Å². The Balaban J connectivity index is 1.97. The van der Waals surface area contributed by atoms with E-state index in [1.54, 1.807) is 19.2 Å². The number of aliphatic hydroxyl groups is 1. The van der Waals surface area contributed by atoms with Crippen LogP contribution in [0.3, 0.4) is 0 Å². The third-order valence-electron chi connectivity index (χ3n) is 3.37. The van der Waals surface area contributed by atoms with Crippen LogP contribution >= 0.6 is 0 Å². The molecule has 0 fully saturated rings. The molecule has 0 aliphatic heterocycles. The average Bonchev–Trinajstić information content (AvgIpc) is 2.60. The van der Waals surface area contributed by atoms with E-state index in [4.69, 9.17) is 20.9 Å². The van der Waals surface area contributed by atoms with Crippen LogP contribution < -0.4 is 26.3 Å². The van der Waals surface area contributed by atoms with Gasteiger partial charge in [-0.3, -0.25) is 0 Å². The van der Waals surface area contributed by atoms with Crippen LogP contribution in [0.1, 0.15) is 11.6 Å². The van der Waals surface area contributed by atoms with Crippen LogP contribution in [0, 0.1) is 0 Å². The van der Waals surface area contributed by atoms with Crippen molar-refractivity contribution < 1.29 is 14.6 Å². The summed E-state index contributed by atoms with van der Waals surface area (Å²) >= 11 is 0. The molecule has 2 unspecified atom stereocenters. The van der Waals surface area contributed by atoms with E-state index in [0.29, 0.717) is 18.0 Å². The SMILES string of the molecule is COc1cc(C(N)CN)ccc1OCC(O)Nc1ccccc1. The Morgan fingerprint density at radius 1 is 1.13 bits per heavy atom. The molecule has 0 aliphatic rings. The van der Waals surface area contributed by atoms with Crippen molar-refractivity contribution in [3.63, 3.8) is 0 Å². The monoisotopic (exact) mass is 317 g/mol. The predicted molar refractivity (Wildman–Crippen MR) is 90.5 cm³/mol. The number of rotatable bonds is 8. The van der Waals surface area contributed by atoms with Gasteiger partial charge in [-0.15, -0.1) is 0 Å². The average molecular weight is 317 g/mol. The predicted octanol–water partition coefficient (Wildman–Crippen LogP) is 1.46. The van der Waals surface area contributed by atoms with E-state index >= 15 is 0 Å². The molecule has 0 heterocycles. The normalized spacial score (nSPS) is 13.2. The van der Waals surface area contributed by atoms with Gasteiger partial charge in [-0.1, -0.05) is 24.3 Å². The van der Waals surface area contributed by atoms with Gasteiger partial charge >= 0.3 is 0 Å². The molecule has 0 saturated heterocycles. The summed E-state index contributed by atoms with van der Waals surface area (Å²) in [5, 5.41) is 12.9. The van der Waals surface area contributed by atoms with E-state index in [2.05, 4.69) is 5.32 Å². The number of nitrogens with two attached hydrogens (primary N) is 2. The number of anilines is 1. The van der Waals surface area contributed by atoms with Crippen molar-refractivity contribution in [3.05, 3.63) is 54.1 Å². The van der Waals surface area contributed by atoms with Crippen LogP contribution in [0.15, 0.2) is 48.5 Å². The van der Waals surface area contributed by atoms with E-state index in [0.717, 1.165) is 11.3 Å². The second kappa shape index (κ2) is 8.38. The molecule has 2 rings (SSSR count). The van der Waals surface area contributed by atoms with Crippen LogP contribution in [-0.2, 0) is 0 Å². The molecule has 6 N–H and O–H groups in total. The number of methoxy groups -OCH3 is 1. The fraction of sp³-hybridized carbons (Fsp3) is 0.294. The summed E-state index contributed by atoms with van der Waals surface area (Å²) in [4.78, 5) is 0. The Bertz CT molecular complexity index is 607. The summed E-state index contributed by atoms with van der Waals surface area (Å²) in [6.07, 6.45) is -0.840. The van der Waals surface area contributed by atoms with Crippen molar-refractivity contribution in [3.8, 4) is 11.5 Å². The molecule has 0 aliphatic carbocycles. The molecule has 6 nitrogen and oxygen atoms in total. The summed E-state index contributed by atoms with van der Waals surface area (Å²) in [6.45, 7) is 0.427. The minimum atomic E-state index is -0.840. The van der Waals surface area contributed by atoms with E-state index in [9.17, 15) is 5.11 Å². The van der Waals surface area contributed by atoms with Crippen molar-refractivity contribution in [1.29, 1.82) is 0 Å². The lowest BCUT2D eigenvalue weighted by Crippen LogP contribution is -2.26. The third-order valence-corrected chi connectivity index (χ3v) is 3.37. The maximum Gasteiger partial charge on any atom is 0.161 e. The Morgan fingerprint density at radius 3 is 2.52 bits per heavy atom. The van der Waals surface area contributed by atoms with Crippen LogP contribution in [-0.4, -0.2) is 31.6 Å². The van der Waals surface area contributed by atoms with Crippen molar-refractivity contribution >= 4 is 5.69 Å². The highest BCUT2D eigenvalue weighted by Crippen LogP contribution is 2.29. The highest BCUT2D eigenvalue weighted by atomic mass is 16.5. The number of hydrogen-bond acceptors (Lipinski definition) is 6. The highest BCUT2D eigenvalue weighted by molar-refractivity contribution is 5.45. The maximum absolute atomic E-state index is 9.99. The topological polar surface area (TPSA) is 103 Å². The summed E-state index contributed by atoms with van der Waals surface area (Å²) in [7, 11) is 1.55. The van der Waals surface area contributed by atoms with Crippen LogP contribution in [0.25, 0.3) is 0 Å². The van der Waals surface area contributed by atoms with Gasteiger partial charge in [0.1, 0.15) is 6.61 Å². The van der Waals surface area contributed by atoms with E-state index in [1.807, 2.05) is 36.4 Å². The summed E-state index contributed by atoms with van der Waals surface area (Å²) < 4.78 is 10.9.